The third-order valence-electron chi connectivity index (χ3n) is 3.87. The molecule has 25 heavy (non-hydrogen) atoms. The lowest BCUT2D eigenvalue weighted by molar-refractivity contribution is -0.147. The summed E-state index contributed by atoms with van der Waals surface area (Å²) >= 11 is 12.4. The molecular weight excluding hydrogens is 369 g/mol. The molecule has 0 radical (unpaired) electrons. The van der Waals surface area contributed by atoms with E-state index in [9.17, 15) is 9.59 Å². The Kier molecular flexibility index (Phi) is 6.11. The number of benzene rings is 1. The van der Waals surface area contributed by atoms with Gasteiger partial charge < -0.3 is 19.9 Å². The monoisotopic (exact) mass is 385 g/mol. The van der Waals surface area contributed by atoms with Gasteiger partial charge in [0.05, 0.1) is 34.2 Å². The van der Waals surface area contributed by atoms with E-state index in [1.807, 2.05) is 0 Å². The van der Waals surface area contributed by atoms with Crippen LogP contribution in [-0.2, 0) is 19.1 Å². The van der Waals surface area contributed by atoms with Crippen LogP contribution in [0.2, 0.25) is 10.0 Å². The van der Waals surface area contributed by atoms with Gasteiger partial charge in [-0.25, -0.2) is 9.59 Å². The molecule has 0 fully saturated rings. The molecule has 0 aromatic heterocycles. The van der Waals surface area contributed by atoms with Crippen LogP contribution in [0.25, 0.3) is 0 Å². The van der Waals surface area contributed by atoms with Gasteiger partial charge in [-0.2, -0.15) is 0 Å². The summed E-state index contributed by atoms with van der Waals surface area (Å²) < 4.78 is 9.61. The van der Waals surface area contributed by atoms with Gasteiger partial charge in [-0.3, -0.25) is 0 Å². The number of aliphatic hydroxyl groups is 1. The molecule has 0 saturated carbocycles. The van der Waals surface area contributed by atoms with E-state index in [1.165, 1.54) is 7.11 Å². The molecule has 0 bridgehead atoms. The van der Waals surface area contributed by atoms with Gasteiger partial charge in [0.25, 0.3) is 0 Å². The van der Waals surface area contributed by atoms with Crippen molar-refractivity contribution in [2.45, 2.75) is 19.8 Å². The number of esters is 2. The zero-order chi connectivity index (χ0) is 18.7. The minimum Gasteiger partial charge on any atom is -0.466 e. The molecule has 0 aliphatic carbocycles. The number of aliphatic hydroxyl groups excluding tert-OH is 1. The molecule has 2 rings (SSSR count). The van der Waals surface area contributed by atoms with Crippen LogP contribution in [-0.4, -0.2) is 30.9 Å². The second-order valence-corrected chi connectivity index (χ2v) is 6.12. The standard InChI is InChI=1S/C17H17Cl2NO5/c1-8-12(16(22)24-3)14(10-5-4-6-11(18)15(10)19)13(9(2)20-8)17(23)25-7-21/h4-6,14,20-21H,7H2,1-3H3/t14-/m0/s1. The normalized spacial score (nSPS) is 17.3. The minimum absolute atomic E-state index is 0.143. The maximum absolute atomic E-state index is 12.4. The molecule has 0 unspecified atom stereocenters. The van der Waals surface area contributed by atoms with Crippen LogP contribution in [0.5, 0.6) is 0 Å². The second kappa shape index (κ2) is 7.91. The first kappa shape index (κ1) is 19.3. The zero-order valence-corrected chi connectivity index (χ0v) is 15.4. The topological polar surface area (TPSA) is 84.9 Å². The molecule has 1 aromatic carbocycles. The average Bonchev–Trinajstić information content (AvgIpc) is 2.56. The summed E-state index contributed by atoms with van der Waals surface area (Å²) in [7, 11) is 1.25. The van der Waals surface area contributed by atoms with E-state index >= 15 is 0 Å². The first-order valence-corrected chi connectivity index (χ1v) is 8.07. The highest BCUT2D eigenvalue weighted by Crippen LogP contribution is 2.43. The minimum atomic E-state index is -0.848. The fourth-order valence-electron chi connectivity index (χ4n) is 2.84. The third kappa shape index (κ3) is 3.66. The molecular formula is C17H17Cl2NO5. The van der Waals surface area contributed by atoms with Gasteiger partial charge in [-0.1, -0.05) is 35.3 Å². The summed E-state index contributed by atoms with van der Waals surface area (Å²) in [5.41, 5.74) is 1.81. The fraction of sp³-hybridized carbons (Fsp3) is 0.294. The maximum Gasteiger partial charge on any atom is 0.338 e. The molecule has 0 amide bonds. The number of nitrogens with one attached hydrogen (secondary N) is 1. The van der Waals surface area contributed by atoms with E-state index < -0.39 is 24.6 Å². The molecule has 2 N–H and O–H groups in total. The van der Waals surface area contributed by atoms with E-state index in [1.54, 1.807) is 32.0 Å². The van der Waals surface area contributed by atoms with Gasteiger partial charge in [0.2, 0.25) is 0 Å². The Bertz CT molecular complexity index is 785. The quantitative estimate of drug-likeness (QED) is 0.612. The number of hydrogen-bond acceptors (Lipinski definition) is 6. The Balaban J connectivity index is 2.74. The van der Waals surface area contributed by atoms with Crippen LogP contribution in [0.3, 0.4) is 0 Å². The molecule has 1 heterocycles. The highest BCUT2D eigenvalue weighted by molar-refractivity contribution is 6.42. The summed E-state index contributed by atoms with van der Waals surface area (Å²) in [6.07, 6.45) is 0. The molecule has 0 spiro atoms. The molecule has 1 aromatic rings. The SMILES string of the molecule is COC(=O)C1=C(C)NC(C)=C(C(=O)OCO)[C@H]1c1cccc(Cl)c1Cl. The molecule has 134 valence electrons. The molecule has 6 nitrogen and oxygen atoms in total. The van der Waals surface area contributed by atoms with E-state index in [-0.39, 0.29) is 21.2 Å². The van der Waals surface area contributed by atoms with Gasteiger partial charge in [0.1, 0.15) is 0 Å². The van der Waals surface area contributed by atoms with E-state index in [0.717, 1.165) is 0 Å². The molecule has 1 aliphatic heterocycles. The second-order valence-electron chi connectivity index (χ2n) is 5.33. The molecule has 8 heteroatoms. The van der Waals surface area contributed by atoms with Crippen molar-refractivity contribution in [2.75, 3.05) is 13.9 Å². The largest absolute Gasteiger partial charge is 0.466 e. The van der Waals surface area contributed by atoms with Gasteiger partial charge in [0.15, 0.2) is 6.79 Å². The van der Waals surface area contributed by atoms with Crippen LogP contribution < -0.4 is 5.32 Å². The van der Waals surface area contributed by atoms with Crippen LogP contribution in [0.15, 0.2) is 40.7 Å². The Morgan fingerprint density at radius 1 is 1.16 bits per heavy atom. The van der Waals surface area contributed by atoms with Gasteiger partial charge in [-0.15, -0.1) is 0 Å². The number of allylic oxidation sites excluding steroid dienone is 2. The lowest BCUT2D eigenvalue weighted by Gasteiger charge is -2.30. The third-order valence-corrected chi connectivity index (χ3v) is 4.71. The van der Waals surface area contributed by atoms with Crippen molar-refractivity contribution >= 4 is 35.1 Å². The first-order chi connectivity index (χ1) is 11.8. The van der Waals surface area contributed by atoms with Crippen molar-refractivity contribution in [3.8, 4) is 0 Å². The first-order valence-electron chi connectivity index (χ1n) is 7.32. The fourth-order valence-corrected chi connectivity index (χ4v) is 3.25. The Morgan fingerprint density at radius 3 is 2.32 bits per heavy atom. The average molecular weight is 386 g/mol. The van der Waals surface area contributed by atoms with Crippen molar-refractivity contribution in [2.24, 2.45) is 0 Å². The van der Waals surface area contributed by atoms with Crippen LogP contribution in [0.4, 0.5) is 0 Å². The van der Waals surface area contributed by atoms with Crippen molar-refractivity contribution in [1.29, 1.82) is 0 Å². The summed E-state index contributed by atoms with van der Waals surface area (Å²) in [6, 6.07) is 4.94. The van der Waals surface area contributed by atoms with Crippen LogP contribution >= 0.6 is 23.2 Å². The molecule has 1 aliphatic rings. The number of ether oxygens (including phenoxy) is 2. The molecule has 1 atom stereocenters. The number of hydrogen-bond donors (Lipinski definition) is 2. The smallest absolute Gasteiger partial charge is 0.338 e. The summed E-state index contributed by atoms with van der Waals surface area (Å²) in [5, 5.41) is 12.4. The Morgan fingerprint density at radius 2 is 1.76 bits per heavy atom. The van der Waals surface area contributed by atoms with E-state index in [0.29, 0.717) is 17.0 Å². The zero-order valence-electron chi connectivity index (χ0n) is 13.9. The summed E-state index contributed by atoms with van der Waals surface area (Å²) in [4.78, 5) is 24.8. The van der Waals surface area contributed by atoms with Crippen molar-refractivity contribution in [3.63, 3.8) is 0 Å². The number of dihydropyridines is 1. The van der Waals surface area contributed by atoms with E-state index in [4.69, 9.17) is 37.8 Å². The number of halogens is 2. The lowest BCUT2D eigenvalue weighted by Crippen LogP contribution is -2.32. The highest BCUT2D eigenvalue weighted by atomic mass is 35.5. The van der Waals surface area contributed by atoms with Crippen LogP contribution in [0.1, 0.15) is 25.3 Å². The van der Waals surface area contributed by atoms with Gasteiger partial charge >= 0.3 is 11.9 Å². The summed E-state index contributed by atoms with van der Waals surface area (Å²) in [6.45, 7) is 2.56. The Hall–Kier alpha value is -2.02. The number of methoxy groups -OCH3 is 1. The lowest BCUT2D eigenvalue weighted by atomic mass is 9.80. The van der Waals surface area contributed by atoms with Gasteiger partial charge in [-0.05, 0) is 25.5 Å². The predicted octanol–water partition coefficient (Wildman–Crippen LogP) is 2.89. The predicted molar refractivity (Wildman–Crippen MR) is 92.9 cm³/mol. The van der Waals surface area contributed by atoms with Crippen molar-refractivity contribution in [3.05, 3.63) is 56.3 Å². The van der Waals surface area contributed by atoms with Crippen molar-refractivity contribution < 1.29 is 24.2 Å². The summed E-state index contributed by atoms with van der Waals surface area (Å²) in [5.74, 6) is -2.24. The Labute approximate surface area is 155 Å². The highest BCUT2D eigenvalue weighted by Gasteiger charge is 2.39. The number of carbonyl (C=O) groups excluding carboxylic acids is 2. The van der Waals surface area contributed by atoms with Crippen LogP contribution in [0, 0.1) is 0 Å². The van der Waals surface area contributed by atoms with E-state index in [2.05, 4.69) is 5.32 Å². The number of rotatable bonds is 4. The molecule has 0 saturated heterocycles. The number of carbonyl (C=O) groups is 2. The van der Waals surface area contributed by atoms with Crippen molar-refractivity contribution in [1.82, 2.24) is 5.32 Å². The maximum atomic E-state index is 12.4. The van der Waals surface area contributed by atoms with Gasteiger partial charge in [0, 0.05) is 11.4 Å².